The maximum atomic E-state index is 11.6. The average molecular weight is 245 g/mol. The molecule has 0 aromatic carbocycles. The molecule has 1 saturated heterocycles. The van der Waals surface area contributed by atoms with Crippen LogP contribution in [-0.4, -0.2) is 56.5 Å². The van der Waals surface area contributed by atoms with E-state index in [0.717, 1.165) is 6.54 Å². The molecule has 5 heteroatoms. The molecule has 2 N–H and O–H groups in total. The van der Waals surface area contributed by atoms with Gasteiger partial charge in [-0.3, -0.25) is 4.79 Å². The van der Waals surface area contributed by atoms with Crippen LogP contribution in [0.15, 0.2) is 0 Å². The van der Waals surface area contributed by atoms with E-state index in [1.165, 1.54) is 0 Å². The van der Waals surface area contributed by atoms with Gasteiger partial charge in [0.2, 0.25) is 0 Å². The minimum atomic E-state index is -0.580. The molecule has 3 unspecified atom stereocenters. The lowest BCUT2D eigenvalue weighted by molar-refractivity contribution is -0.125. The summed E-state index contributed by atoms with van der Waals surface area (Å²) < 4.78 is 10.3. The number of ether oxygens (including phenoxy) is 2. The summed E-state index contributed by atoms with van der Waals surface area (Å²) >= 11 is 0. The lowest BCUT2D eigenvalue weighted by Gasteiger charge is -2.24. The lowest BCUT2D eigenvalue weighted by Crippen LogP contribution is -2.39. The Morgan fingerprint density at radius 1 is 1.53 bits per heavy atom. The van der Waals surface area contributed by atoms with E-state index in [9.17, 15) is 9.90 Å². The van der Waals surface area contributed by atoms with Crippen LogP contribution < -0.4 is 5.32 Å². The summed E-state index contributed by atoms with van der Waals surface area (Å²) in [5.41, 5.74) is 0. The zero-order valence-electron chi connectivity index (χ0n) is 10.6. The number of piperidine rings is 1. The Morgan fingerprint density at radius 2 is 2.29 bits per heavy atom. The first kappa shape index (κ1) is 14.6. The maximum absolute atomic E-state index is 11.6. The molecule has 0 saturated carbocycles. The van der Waals surface area contributed by atoms with Gasteiger partial charge in [0, 0.05) is 32.5 Å². The van der Waals surface area contributed by atoms with Crippen LogP contribution >= 0.6 is 0 Å². The van der Waals surface area contributed by atoms with Crippen LogP contribution in [0.1, 0.15) is 19.8 Å². The van der Waals surface area contributed by atoms with Gasteiger partial charge >= 0.3 is 0 Å². The number of aliphatic hydroxyl groups is 1. The molecular weight excluding hydrogens is 222 g/mol. The Balaban J connectivity index is 2.19. The van der Waals surface area contributed by atoms with Crippen molar-refractivity contribution < 1.29 is 19.4 Å². The zero-order chi connectivity index (χ0) is 12.7. The van der Waals surface area contributed by atoms with E-state index in [1.54, 1.807) is 7.11 Å². The number of rotatable bonds is 7. The number of ketones is 1. The van der Waals surface area contributed by atoms with E-state index in [4.69, 9.17) is 9.47 Å². The smallest absolute Gasteiger partial charge is 0.138 e. The van der Waals surface area contributed by atoms with Crippen LogP contribution in [0.4, 0.5) is 0 Å². The molecule has 1 aliphatic heterocycles. The summed E-state index contributed by atoms with van der Waals surface area (Å²) in [6.07, 6.45) is 0.433. The van der Waals surface area contributed by atoms with Crippen molar-refractivity contribution in [3.05, 3.63) is 0 Å². The first-order valence-corrected chi connectivity index (χ1v) is 6.15. The molecule has 0 aliphatic carbocycles. The van der Waals surface area contributed by atoms with Gasteiger partial charge in [0.15, 0.2) is 0 Å². The van der Waals surface area contributed by atoms with Gasteiger partial charge in [-0.1, -0.05) is 0 Å². The maximum Gasteiger partial charge on any atom is 0.138 e. The summed E-state index contributed by atoms with van der Waals surface area (Å²) in [6.45, 7) is 4.09. The molecule has 17 heavy (non-hydrogen) atoms. The topological polar surface area (TPSA) is 67.8 Å². The Morgan fingerprint density at radius 3 is 2.94 bits per heavy atom. The van der Waals surface area contributed by atoms with Crippen molar-refractivity contribution in [1.29, 1.82) is 0 Å². The number of carbonyl (C=O) groups excluding carboxylic acids is 1. The third-order valence-corrected chi connectivity index (χ3v) is 2.93. The number of nitrogens with one attached hydrogen (secondary N) is 1. The number of hydrogen-bond donors (Lipinski definition) is 2. The second-order valence-electron chi connectivity index (χ2n) is 4.61. The van der Waals surface area contributed by atoms with Crippen LogP contribution in [0.3, 0.4) is 0 Å². The Labute approximate surface area is 102 Å². The molecule has 0 bridgehead atoms. The third-order valence-electron chi connectivity index (χ3n) is 2.93. The van der Waals surface area contributed by atoms with Crippen LogP contribution in [0.25, 0.3) is 0 Å². The number of hydrogen-bond acceptors (Lipinski definition) is 5. The van der Waals surface area contributed by atoms with E-state index >= 15 is 0 Å². The molecular formula is C12H23NO4. The fraction of sp³-hybridized carbons (Fsp3) is 0.917. The summed E-state index contributed by atoms with van der Waals surface area (Å²) in [4.78, 5) is 11.6. The van der Waals surface area contributed by atoms with Gasteiger partial charge < -0.3 is 19.9 Å². The minimum absolute atomic E-state index is 0.0326. The number of Topliss-reactive ketones (excluding diaryl/α,β-unsaturated/α-hetero) is 1. The molecule has 5 nitrogen and oxygen atoms in total. The molecule has 3 atom stereocenters. The molecule has 1 fully saturated rings. The van der Waals surface area contributed by atoms with Crippen LogP contribution in [0.2, 0.25) is 0 Å². The van der Waals surface area contributed by atoms with E-state index in [0.29, 0.717) is 26.0 Å². The molecule has 0 amide bonds. The molecule has 0 radical (unpaired) electrons. The molecule has 1 rings (SSSR count). The van der Waals surface area contributed by atoms with Crippen molar-refractivity contribution >= 4 is 5.78 Å². The highest BCUT2D eigenvalue weighted by atomic mass is 16.5. The van der Waals surface area contributed by atoms with Gasteiger partial charge in [0.25, 0.3) is 0 Å². The SMILES string of the molecule is COCC(C)OCC(O)CC1CNCCC1=O. The predicted molar refractivity (Wildman–Crippen MR) is 63.9 cm³/mol. The highest BCUT2D eigenvalue weighted by Crippen LogP contribution is 2.13. The van der Waals surface area contributed by atoms with Gasteiger partial charge in [-0.25, -0.2) is 0 Å². The standard InChI is InChI=1S/C12H23NO4/c1-9(7-16-2)17-8-11(14)5-10-6-13-4-3-12(10)15/h9-11,13-14H,3-8H2,1-2H3. The van der Waals surface area contributed by atoms with E-state index < -0.39 is 6.10 Å². The van der Waals surface area contributed by atoms with Gasteiger partial charge in [0.1, 0.15) is 5.78 Å². The van der Waals surface area contributed by atoms with Crippen molar-refractivity contribution in [3.8, 4) is 0 Å². The summed E-state index contributed by atoms with van der Waals surface area (Å²) in [5, 5.41) is 13.0. The average Bonchev–Trinajstić information content (AvgIpc) is 2.30. The van der Waals surface area contributed by atoms with Crippen molar-refractivity contribution in [1.82, 2.24) is 5.32 Å². The van der Waals surface area contributed by atoms with Crippen molar-refractivity contribution in [2.45, 2.75) is 32.0 Å². The lowest BCUT2D eigenvalue weighted by atomic mass is 9.92. The van der Waals surface area contributed by atoms with Crippen LogP contribution in [0.5, 0.6) is 0 Å². The summed E-state index contributed by atoms with van der Waals surface area (Å²) in [5.74, 6) is 0.174. The molecule has 0 spiro atoms. The Bertz CT molecular complexity index is 235. The molecule has 0 aromatic heterocycles. The van der Waals surface area contributed by atoms with Crippen LogP contribution in [-0.2, 0) is 14.3 Å². The monoisotopic (exact) mass is 245 g/mol. The zero-order valence-corrected chi connectivity index (χ0v) is 10.6. The first-order valence-electron chi connectivity index (χ1n) is 6.15. The van der Waals surface area contributed by atoms with Crippen LogP contribution in [0, 0.1) is 5.92 Å². The Hall–Kier alpha value is -0.490. The molecule has 0 aromatic rings. The Kier molecular flexibility index (Phi) is 6.65. The molecule has 1 heterocycles. The second-order valence-corrected chi connectivity index (χ2v) is 4.61. The predicted octanol–water partition coefficient (Wildman–Crippen LogP) is -0.0325. The first-order chi connectivity index (χ1) is 8.13. The second kappa shape index (κ2) is 7.76. The van der Waals surface area contributed by atoms with Crippen molar-refractivity contribution in [2.75, 3.05) is 33.4 Å². The summed E-state index contributed by atoms with van der Waals surface area (Å²) in [7, 11) is 1.61. The van der Waals surface area contributed by atoms with E-state index in [2.05, 4.69) is 5.32 Å². The van der Waals surface area contributed by atoms with Gasteiger partial charge in [-0.05, 0) is 13.3 Å². The molecule has 100 valence electrons. The summed E-state index contributed by atoms with van der Waals surface area (Å²) in [6, 6.07) is 0. The highest BCUT2D eigenvalue weighted by molar-refractivity contribution is 5.82. The largest absolute Gasteiger partial charge is 0.391 e. The van der Waals surface area contributed by atoms with Crippen molar-refractivity contribution in [2.24, 2.45) is 5.92 Å². The fourth-order valence-corrected chi connectivity index (χ4v) is 1.98. The van der Waals surface area contributed by atoms with Gasteiger partial charge in [0.05, 0.1) is 25.4 Å². The minimum Gasteiger partial charge on any atom is -0.391 e. The quantitative estimate of drug-likeness (QED) is 0.659. The number of carbonyl (C=O) groups is 1. The highest BCUT2D eigenvalue weighted by Gasteiger charge is 2.24. The molecule has 1 aliphatic rings. The van der Waals surface area contributed by atoms with Gasteiger partial charge in [-0.2, -0.15) is 0 Å². The fourth-order valence-electron chi connectivity index (χ4n) is 1.98. The van der Waals surface area contributed by atoms with Crippen molar-refractivity contribution in [3.63, 3.8) is 0 Å². The van der Waals surface area contributed by atoms with E-state index in [-0.39, 0.29) is 24.4 Å². The number of aliphatic hydroxyl groups excluding tert-OH is 1. The normalized spacial score (nSPS) is 24.6. The third kappa shape index (κ3) is 5.59. The number of methoxy groups -OCH3 is 1. The van der Waals surface area contributed by atoms with E-state index in [1.807, 2.05) is 6.92 Å². The van der Waals surface area contributed by atoms with Gasteiger partial charge in [-0.15, -0.1) is 0 Å².